The van der Waals surface area contributed by atoms with E-state index in [1.807, 2.05) is 0 Å². The second-order valence-corrected chi connectivity index (χ2v) is 3.16. The molecule has 0 aliphatic carbocycles. The molecule has 0 aliphatic heterocycles. The third-order valence-electron chi connectivity index (χ3n) is 1.39. The van der Waals surface area contributed by atoms with E-state index in [1.165, 1.54) is 6.92 Å². The first-order chi connectivity index (χ1) is 8.76. The maximum absolute atomic E-state index is 11.3. The Morgan fingerprint density at radius 3 is 1.53 bits per heavy atom. The molecule has 8 nitrogen and oxygen atoms in total. The number of amides is 1. The number of esters is 2. The van der Waals surface area contributed by atoms with Crippen molar-refractivity contribution in [3.05, 3.63) is 0 Å². The van der Waals surface area contributed by atoms with Gasteiger partial charge in [-0.15, -0.1) is 0 Å². The molecule has 0 aromatic rings. The van der Waals surface area contributed by atoms with E-state index in [0.717, 1.165) is 6.92 Å². The first kappa shape index (κ1) is 19.2. The highest BCUT2D eigenvalue weighted by molar-refractivity contribution is 6.02. The van der Waals surface area contributed by atoms with Crippen molar-refractivity contribution in [1.29, 1.82) is 0 Å². The van der Waals surface area contributed by atoms with E-state index in [1.54, 1.807) is 13.8 Å². The average molecular weight is 277 g/mol. The van der Waals surface area contributed by atoms with Gasteiger partial charge in [0.15, 0.2) is 0 Å². The summed E-state index contributed by atoms with van der Waals surface area (Å²) in [4.78, 5) is 42.3. The smallest absolute Gasteiger partial charge is 0.340 e. The molecular weight excluding hydrogens is 258 g/mol. The Bertz CT molecular complexity index is 305. The van der Waals surface area contributed by atoms with Crippen molar-refractivity contribution in [3.63, 3.8) is 0 Å². The standard InChI is InChI=1S/C9H15NO5.C2H4O2/c1-4-14-8(12)7(10-6(3)11)9(13)15-5-2;1-2(3)4/h7H,4-5H2,1-3H3,(H,10,11);1H3,(H,3,4). The van der Waals surface area contributed by atoms with Gasteiger partial charge in [0, 0.05) is 13.8 Å². The van der Waals surface area contributed by atoms with Gasteiger partial charge in [-0.3, -0.25) is 9.59 Å². The van der Waals surface area contributed by atoms with Crippen LogP contribution in [0.2, 0.25) is 0 Å². The minimum atomic E-state index is -1.37. The van der Waals surface area contributed by atoms with Gasteiger partial charge in [-0.2, -0.15) is 0 Å². The maximum atomic E-state index is 11.3. The summed E-state index contributed by atoms with van der Waals surface area (Å²) in [6.45, 7) is 5.76. The quantitative estimate of drug-likeness (QED) is 0.523. The molecule has 0 saturated heterocycles. The van der Waals surface area contributed by atoms with Gasteiger partial charge in [0.2, 0.25) is 11.9 Å². The number of nitrogens with one attached hydrogen (secondary N) is 1. The van der Waals surface area contributed by atoms with Crippen LogP contribution in [0, 0.1) is 0 Å². The summed E-state index contributed by atoms with van der Waals surface area (Å²) in [6.07, 6.45) is 0. The normalized spacial score (nSPS) is 8.89. The molecule has 0 saturated carbocycles. The summed E-state index contributed by atoms with van der Waals surface area (Å²) in [5, 5.41) is 9.58. The van der Waals surface area contributed by atoms with Crippen LogP contribution in [0.4, 0.5) is 0 Å². The van der Waals surface area contributed by atoms with Crippen LogP contribution in [0.3, 0.4) is 0 Å². The van der Waals surface area contributed by atoms with Gasteiger partial charge in [-0.1, -0.05) is 0 Å². The molecule has 110 valence electrons. The Balaban J connectivity index is 0. The first-order valence-electron chi connectivity index (χ1n) is 5.56. The Kier molecular flexibility index (Phi) is 11.1. The number of aliphatic carboxylic acids is 1. The monoisotopic (exact) mass is 277 g/mol. The lowest BCUT2D eigenvalue weighted by atomic mass is 10.3. The van der Waals surface area contributed by atoms with Crippen LogP contribution in [-0.2, 0) is 28.7 Å². The Morgan fingerprint density at radius 1 is 1.00 bits per heavy atom. The Labute approximate surface area is 111 Å². The van der Waals surface area contributed by atoms with Crippen LogP contribution in [-0.4, -0.2) is 48.2 Å². The second-order valence-electron chi connectivity index (χ2n) is 3.16. The van der Waals surface area contributed by atoms with Crippen LogP contribution in [0.15, 0.2) is 0 Å². The molecule has 8 heteroatoms. The number of carbonyl (C=O) groups excluding carboxylic acids is 3. The maximum Gasteiger partial charge on any atom is 0.340 e. The van der Waals surface area contributed by atoms with E-state index in [9.17, 15) is 14.4 Å². The number of hydrogen-bond donors (Lipinski definition) is 2. The molecule has 1 amide bonds. The number of carbonyl (C=O) groups is 4. The zero-order valence-corrected chi connectivity index (χ0v) is 11.4. The molecule has 0 rings (SSSR count). The summed E-state index contributed by atoms with van der Waals surface area (Å²) in [7, 11) is 0. The van der Waals surface area contributed by atoms with Gasteiger partial charge in [0.1, 0.15) is 0 Å². The summed E-state index contributed by atoms with van der Waals surface area (Å²) < 4.78 is 9.24. The highest BCUT2D eigenvalue weighted by Gasteiger charge is 2.30. The lowest BCUT2D eigenvalue weighted by Gasteiger charge is -2.14. The van der Waals surface area contributed by atoms with Gasteiger partial charge in [0.05, 0.1) is 13.2 Å². The van der Waals surface area contributed by atoms with E-state index in [2.05, 4.69) is 14.8 Å². The fourth-order valence-electron chi connectivity index (χ4n) is 0.869. The van der Waals surface area contributed by atoms with Crippen LogP contribution in [0.1, 0.15) is 27.7 Å². The SMILES string of the molecule is CC(=O)O.CCOC(=O)C(NC(C)=O)C(=O)OCC. The van der Waals surface area contributed by atoms with Crippen molar-refractivity contribution >= 4 is 23.8 Å². The van der Waals surface area contributed by atoms with Crippen molar-refractivity contribution in [2.75, 3.05) is 13.2 Å². The average Bonchev–Trinajstić information content (AvgIpc) is 2.25. The third-order valence-corrected chi connectivity index (χ3v) is 1.39. The molecule has 0 atom stereocenters. The summed E-state index contributed by atoms with van der Waals surface area (Å²) in [5.74, 6) is -2.96. The highest BCUT2D eigenvalue weighted by Crippen LogP contribution is 1.94. The molecule has 2 N–H and O–H groups in total. The summed E-state index contributed by atoms with van der Waals surface area (Å²) in [5.41, 5.74) is 0. The van der Waals surface area contributed by atoms with Gasteiger partial charge in [-0.05, 0) is 13.8 Å². The fourth-order valence-corrected chi connectivity index (χ4v) is 0.869. The van der Waals surface area contributed by atoms with E-state index in [0.29, 0.717) is 0 Å². The predicted molar refractivity (Wildman–Crippen MR) is 64.2 cm³/mol. The van der Waals surface area contributed by atoms with E-state index in [-0.39, 0.29) is 13.2 Å². The van der Waals surface area contributed by atoms with Crippen LogP contribution >= 0.6 is 0 Å². The Morgan fingerprint density at radius 2 is 1.32 bits per heavy atom. The van der Waals surface area contributed by atoms with Crippen molar-refractivity contribution in [2.24, 2.45) is 0 Å². The van der Waals surface area contributed by atoms with Crippen LogP contribution in [0.5, 0.6) is 0 Å². The molecule has 0 spiro atoms. The number of carboxylic acid groups (broad SMARTS) is 1. The Hall–Kier alpha value is -2.12. The zero-order chi connectivity index (χ0) is 15.4. The molecule has 19 heavy (non-hydrogen) atoms. The van der Waals surface area contributed by atoms with Crippen molar-refractivity contribution in [1.82, 2.24) is 5.32 Å². The number of rotatable bonds is 5. The van der Waals surface area contributed by atoms with Crippen LogP contribution < -0.4 is 5.32 Å². The molecule has 0 aromatic carbocycles. The minimum Gasteiger partial charge on any atom is -0.481 e. The molecule has 0 unspecified atom stereocenters. The van der Waals surface area contributed by atoms with Crippen molar-refractivity contribution < 1.29 is 33.8 Å². The molecule has 0 fully saturated rings. The fraction of sp³-hybridized carbons (Fsp3) is 0.636. The molecule has 0 aliphatic rings. The second kappa shape index (κ2) is 11.0. The first-order valence-corrected chi connectivity index (χ1v) is 5.56. The molecular formula is C11H19NO7. The molecule has 0 radical (unpaired) electrons. The van der Waals surface area contributed by atoms with Crippen molar-refractivity contribution in [3.8, 4) is 0 Å². The topological polar surface area (TPSA) is 119 Å². The highest BCUT2D eigenvalue weighted by atomic mass is 16.6. The molecule has 0 aromatic heterocycles. The number of ether oxygens (including phenoxy) is 2. The zero-order valence-electron chi connectivity index (χ0n) is 11.4. The molecule has 0 bridgehead atoms. The number of hydrogen-bond acceptors (Lipinski definition) is 6. The van der Waals surface area contributed by atoms with Gasteiger partial charge in [0.25, 0.3) is 5.97 Å². The molecule has 0 heterocycles. The van der Waals surface area contributed by atoms with E-state index >= 15 is 0 Å². The largest absolute Gasteiger partial charge is 0.481 e. The van der Waals surface area contributed by atoms with Gasteiger partial charge >= 0.3 is 11.9 Å². The number of carboxylic acids is 1. The minimum absolute atomic E-state index is 0.133. The summed E-state index contributed by atoms with van der Waals surface area (Å²) in [6, 6.07) is -1.37. The van der Waals surface area contributed by atoms with Gasteiger partial charge in [-0.25, -0.2) is 9.59 Å². The van der Waals surface area contributed by atoms with E-state index < -0.39 is 29.9 Å². The predicted octanol–water partition coefficient (Wildman–Crippen LogP) is -0.292. The summed E-state index contributed by atoms with van der Waals surface area (Å²) >= 11 is 0. The van der Waals surface area contributed by atoms with Gasteiger partial charge < -0.3 is 19.9 Å². The van der Waals surface area contributed by atoms with Crippen LogP contribution in [0.25, 0.3) is 0 Å². The van der Waals surface area contributed by atoms with E-state index in [4.69, 9.17) is 9.90 Å². The lowest BCUT2D eigenvalue weighted by Crippen LogP contribution is -2.47. The lowest BCUT2D eigenvalue weighted by molar-refractivity contribution is -0.159. The third kappa shape index (κ3) is 12.1. The van der Waals surface area contributed by atoms with Crippen molar-refractivity contribution in [2.45, 2.75) is 33.7 Å².